The number of carbonyl (C=O) groups is 1. The second kappa shape index (κ2) is 5.72. The van der Waals surface area contributed by atoms with Crippen LogP contribution in [0.1, 0.15) is 22.9 Å². The third-order valence-corrected chi connectivity index (χ3v) is 4.47. The minimum absolute atomic E-state index is 0.105. The van der Waals surface area contributed by atoms with Gasteiger partial charge < -0.3 is 14.4 Å². The van der Waals surface area contributed by atoms with E-state index in [9.17, 15) is 4.79 Å². The van der Waals surface area contributed by atoms with Crippen molar-refractivity contribution in [1.29, 1.82) is 0 Å². The van der Waals surface area contributed by atoms with Crippen molar-refractivity contribution >= 4 is 23.2 Å². The number of carbonyl (C=O) groups excluding carboxylic acids is 1. The Bertz CT molecular complexity index is 514. The lowest BCUT2D eigenvalue weighted by atomic mass is 9.96. The Labute approximate surface area is 123 Å². The summed E-state index contributed by atoms with van der Waals surface area (Å²) in [6.07, 6.45) is 1.23. The van der Waals surface area contributed by atoms with Crippen LogP contribution in [0.25, 0.3) is 0 Å². The van der Waals surface area contributed by atoms with Crippen LogP contribution >= 0.6 is 11.6 Å². The van der Waals surface area contributed by atoms with E-state index >= 15 is 0 Å². The molecule has 2 atom stereocenters. The molecule has 1 saturated heterocycles. The highest BCUT2D eigenvalue weighted by Crippen LogP contribution is 2.33. The van der Waals surface area contributed by atoms with E-state index in [1.54, 1.807) is 4.90 Å². The molecule has 0 bridgehead atoms. The number of aryl methyl sites for hydroxylation is 1. The molecule has 2 aliphatic heterocycles. The lowest BCUT2D eigenvalue weighted by Crippen LogP contribution is -2.33. The van der Waals surface area contributed by atoms with Gasteiger partial charge in [-0.15, -0.1) is 11.6 Å². The molecule has 0 spiro atoms. The molecule has 0 saturated carbocycles. The highest BCUT2D eigenvalue weighted by atomic mass is 35.5. The van der Waals surface area contributed by atoms with Crippen molar-refractivity contribution < 1.29 is 14.3 Å². The van der Waals surface area contributed by atoms with Crippen LogP contribution in [-0.4, -0.2) is 38.9 Å². The van der Waals surface area contributed by atoms with Gasteiger partial charge in [0.25, 0.3) is 0 Å². The molecular weight excluding hydrogens is 278 g/mol. The third kappa shape index (κ3) is 2.55. The number of halogens is 1. The smallest absolute Gasteiger partial charge is 0.227 e. The van der Waals surface area contributed by atoms with Crippen molar-refractivity contribution in [3.63, 3.8) is 0 Å². The lowest BCUT2D eigenvalue weighted by Gasteiger charge is -2.29. The van der Waals surface area contributed by atoms with E-state index in [0.717, 1.165) is 17.7 Å². The van der Waals surface area contributed by atoms with Crippen LogP contribution < -0.4 is 4.90 Å². The first-order valence-electron chi connectivity index (χ1n) is 6.89. The Balaban J connectivity index is 1.83. The third-order valence-electron chi connectivity index (χ3n) is 3.93. The summed E-state index contributed by atoms with van der Waals surface area (Å²) in [7, 11) is 1.82. The quantitative estimate of drug-likeness (QED) is 0.786. The molecule has 0 aromatic heterocycles. The number of fused-ring (bicyclic) bond motifs is 1. The maximum Gasteiger partial charge on any atom is 0.227 e. The summed E-state index contributed by atoms with van der Waals surface area (Å²) in [5.74, 6) is 0.164. The molecule has 2 heterocycles. The SMILES string of the molecule is CN1C(=O)CCc2cc(C(Cl)C3COCCO3)ccc21. The fraction of sp³-hybridized carbons (Fsp3) is 0.533. The fourth-order valence-electron chi connectivity index (χ4n) is 2.74. The largest absolute Gasteiger partial charge is 0.376 e. The molecule has 0 radical (unpaired) electrons. The van der Waals surface area contributed by atoms with Gasteiger partial charge in [0.05, 0.1) is 25.2 Å². The van der Waals surface area contributed by atoms with Crippen LogP contribution in [-0.2, 0) is 20.7 Å². The summed E-state index contributed by atoms with van der Waals surface area (Å²) >= 11 is 6.51. The second-order valence-electron chi connectivity index (χ2n) is 5.23. The lowest BCUT2D eigenvalue weighted by molar-refractivity contribution is -0.118. The van der Waals surface area contributed by atoms with E-state index < -0.39 is 0 Å². The van der Waals surface area contributed by atoms with Crippen LogP contribution in [0.15, 0.2) is 18.2 Å². The molecule has 108 valence electrons. The second-order valence-corrected chi connectivity index (χ2v) is 5.70. The molecule has 1 aromatic carbocycles. The van der Waals surface area contributed by atoms with Crippen molar-refractivity contribution in [2.45, 2.75) is 24.3 Å². The Hall–Kier alpha value is -1.10. The minimum Gasteiger partial charge on any atom is -0.376 e. The number of ether oxygens (including phenoxy) is 2. The van der Waals surface area contributed by atoms with Crippen LogP contribution in [0.3, 0.4) is 0 Å². The summed E-state index contributed by atoms with van der Waals surface area (Å²) in [4.78, 5) is 13.4. The normalized spacial score (nSPS) is 24.4. The van der Waals surface area contributed by atoms with E-state index in [-0.39, 0.29) is 17.4 Å². The predicted octanol–water partition coefficient (Wildman–Crippen LogP) is 2.29. The molecule has 0 N–H and O–H groups in total. The zero-order chi connectivity index (χ0) is 14.1. The van der Waals surface area contributed by atoms with E-state index in [1.165, 1.54) is 5.56 Å². The van der Waals surface area contributed by atoms with Crippen molar-refractivity contribution in [2.75, 3.05) is 31.8 Å². The molecule has 2 unspecified atom stereocenters. The highest BCUT2D eigenvalue weighted by molar-refractivity contribution is 6.21. The van der Waals surface area contributed by atoms with Gasteiger partial charge in [-0.25, -0.2) is 0 Å². The van der Waals surface area contributed by atoms with Gasteiger partial charge >= 0.3 is 0 Å². The van der Waals surface area contributed by atoms with Gasteiger partial charge in [-0.3, -0.25) is 4.79 Å². The first-order chi connectivity index (χ1) is 9.66. The predicted molar refractivity (Wildman–Crippen MR) is 77.3 cm³/mol. The van der Waals surface area contributed by atoms with Gasteiger partial charge in [-0.2, -0.15) is 0 Å². The Kier molecular flexibility index (Phi) is 3.96. The van der Waals surface area contributed by atoms with Gasteiger partial charge in [0, 0.05) is 19.2 Å². The average Bonchev–Trinajstić information content (AvgIpc) is 2.51. The van der Waals surface area contributed by atoms with E-state index in [2.05, 4.69) is 6.07 Å². The summed E-state index contributed by atoms with van der Waals surface area (Å²) in [6.45, 7) is 1.76. The highest BCUT2D eigenvalue weighted by Gasteiger charge is 2.27. The van der Waals surface area contributed by atoms with Gasteiger partial charge in [-0.05, 0) is 23.6 Å². The molecular formula is C15H18ClNO3. The van der Waals surface area contributed by atoms with Crippen molar-refractivity contribution in [1.82, 2.24) is 0 Å². The zero-order valence-corrected chi connectivity index (χ0v) is 12.2. The number of rotatable bonds is 2. The summed E-state index contributed by atoms with van der Waals surface area (Å²) in [6, 6.07) is 6.04. The molecule has 3 rings (SSSR count). The summed E-state index contributed by atoms with van der Waals surface area (Å²) in [5.41, 5.74) is 3.19. The molecule has 2 aliphatic rings. The molecule has 5 heteroatoms. The van der Waals surface area contributed by atoms with E-state index in [0.29, 0.717) is 26.2 Å². The monoisotopic (exact) mass is 295 g/mol. The molecule has 1 fully saturated rings. The molecule has 20 heavy (non-hydrogen) atoms. The maximum atomic E-state index is 11.7. The van der Waals surface area contributed by atoms with E-state index in [1.807, 2.05) is 19.2 Å². The average molecular weight is 296 g/mol. The number of hydrogen-bond acceptors (Lipinski definition) is 3. The number of nitrogens with zero attached hydrogens (tertiary/aromatic N) is 1. The van der Waals surface area contributed by atoms with E-state index in [4.69, 9.17) is 21.1 Å². The Morgan fingerprint density at radius 2 is 2.20 bits per heavy atom. The fourth-order valence-corrected chi connectivity index (χ4v) is 3.02. The Morgan fingerprint density at radius 1 is 1.35 bits per heavy atom. The van der Waals surface area contributed by atoms with Crippen molar-refractivity contribution in [3.8, 4) is 0 Å². The standard InChI is InChI=1S/C15H18ClNO3/c1-17-12-4-2-11(8-10(12)3-5-14(17)18)15(16)13-9-19-6-7-20-13/h2,4,8,13,15H,3,5-7,9H2,1H3. The number of alkyl halides is 1. The number of amides is 1. The van der Waals surface area contributed by atoms with Crippen molar-refractivity contribution in [2.24, 2.45) is 0 Å². The van der Waals surface area contributed by atoms with Gasteiger partial charge in [0.2, 0.25) is 5.91 Å². The zero-order valence-electron chi connectivity index (χ0n) is 11.5. The van der Waals surface area contributed by atoms with Crippen molar-refractivity contribution in [3.05, 3.63) is 29.3 Å². The van der Waals surface area contributed by atoms with Crippen LogP contribution in [0, 0.1) is 0 Å². The Morgan fingerprint density at radius 3 is 2.95 bits per heavy atom. The molecule has 0 aliphatic carbocycles. The van der Waals surface area contributed by atoms with Gasteiger partial charge in [-0.1, -0.05) is 12.1 Å². The van der Waals surface area contributed by atoms with Crippen LogP contribution in [0.4, 0.5) is 5.69 Å². The molecule has 1 aromatic rings. The maximum absolute atomic E-state index is 11.7. The first kappa shape index (κ1) is 13.9. The number of benzene rings is 1. The van der Waals surface area contributed by atoms with Crippen LogP contribution in [0.5, 0.6) is 0 Å². The first-order valence-corrected chi connectivity index (χ1v) is 7.33. The minimum atomic E-state index is -0.219. The number of anilines is 1. The van der Waals surface area contributed by atoms with Gasteiger partial charge in [0.15, 0.2) is 0 Å². The van der Waals surface area contributed by atoms with Crippen LogP contribution in [0.2, 0.25) is 0 Å². The summed E-state index contributed by atoms with van der Waals surface area (Å²) < 4.78 is 11.1. The molecule has 1 amide bonds. The van der Waals surface area contributed by atoms with Gasteiger partial charge in [0.1, 0.15) is 6.10 Å². The number of hydrogen-bond donors (Lipinski definition) is 0. The summed E-state index contributed by atoms with van der Waals surface area (Å²) in [5, 5.41) is -0.219. The topological polar surface area (TPSA) is 38.8 Å². The molecule has 4 nitrogen and oxygen atoms in total.